The summed E-state index contributed by atoms with van der Waals surface area (Å²) in [5, 5.41) is 12.7. The number of Topliss-reactive ketones (excluding diaryl/α,β-unsaturated/α-hetero) is 1. The number of amides is 1. The Morgan fingerprint density at radius 3 is 2.63 bits per heavy atom. The number of rotatable bonds is 0. The van der Waals surface area contributed by atoms with Crippen LogP contribution in [0.3, 0.4) is 0 Å². The van der Waals surface area contributed by atoms with Crippen LogP contribution in [0.25, 0.3) is 5.57 Å². The zero-order valence-corrected chi connectivity index (χ0v) is 15.3. The molecule has 3 aliphatic rings. The lowest BCUT2D eigenvalue weighted by Gasteiger charge is -2.33. The number of nitrogens with one attached hydrogen (secondary N) is 1. The minimum atomic E-state index is -1.53. The number of carbonyl (C=O) groups is 2. The van der Waals surface area contributed by atoms with E-state index in [9.17, 15) is 14.9 Å². The summed E-state index contributed by atoms with van der Waals surface area (Å²) in [5.41, 5.74) is 6.93. The van der Waals surface area contributed by atoms with Crippen LogP contribution in [0.15, 0.2) is 64.2 Å². The molecule has 2 aromatic carbocycles. The Morgan fingerprint density at radius 2 is 1.89 bits per heavy atom. The van der Waals surface area contributed by atoms with Crippen molar-refractivity contribution < 1.29 is 14.3 Å². The second-order valence-corrected chi connectivity index (χ2v) is 7.34. The highest BCUT2D eigenvalue weighted by atomic mass is 79.9. The Bertz CT molecular complexity index is 1210. The molecule has 0 saturated heterocycles. The highest BCUT2D eigenvalue weighted by Crippen LogP contribution is 2.58. The van der Waals surface area contributed by atoms with Gasteiger partial charge in [-0.25, -0.2) is 0 Å². The van der Waals surface area contributed by atoms with Gasteiger partial charge in [0.05, 0.1) is 0 Å². The summed E-state index contributed by atoms with van der Waals surface area (Å²) in [5.74, 6) is -1.03. The maximum Gasteiger partial charge on any atom is 0.245 e. The van der Waals surface area contributed by atoms with Crippen molar-refractivity contribution in [3.63, 3.8) is 0 Å². The normalized spacial score (nSPS) is 22.2. The average molecular weight is 420 g/mol. The summed E-state index contributed by atoms with van der Waals surface area (Å²) >= 11 is 3.42. The summed E-state index contributed by atoms with van der Waals surface area (Å²) in [7, 11) is 0. The number of benzene rings is 2. The molecule has 0 fully saturated rings. The van der Waals surface area contributed by atoms with Crippen molar-refractivity contribution in [1.82, 2.24) is 0 Å². The molecule has 1 aliphatic carbocycles. The van der Waals surface area contributed by atoms with Crippen LogP contribution < -0.4 is 11.1 Å². The van der Waals surface area contributed by atoms with Crippen molar-refractivity contribution in [2.24, 2.45) is 5.73 Å². The summed E-state index contributed by atoms with van der Waals surface area (Å²) < 4.78 is 6.30. The van der Waals surface area contributed by atoms with Crippen LogP contribution in [0.2, 0.25) is 0 Å². The number of nitriles is 1. The van der Waals surface area contributed by atoms with Crippen molar-refractivity contribution in [2.75, 3.05) is 5.32 Å². The van der Waals surface area contributed by atoms with Gasteiger partial charge in [0.1, 0.15) is 17.1 Å². The number of halogens is 1. The summed E-state index contributed by atoms with van der Waals surface area (Å²) in [4.78, 5) is 26.2. The molecule has 0 aromatic heterocycles. The van der Waals surface area contributed by atoms with E-state index in [0.29, 0.717) is 28.0 Å². The van der Waals surface area contributed by atoms with Gasteiger partial charge < -0.3 is 15.8 Å². The Balaban J connectivity index is 1.96. The monoisotopic (exact) mass is 419 g/mol. The quantitative estimate of drug-likeness (QED) is 0.682. The van der Waals surface area contributed by atoms with Gasteiger partial charge in [0, 0.05) is 26.9 Å². The maximum atomic E-state index is 13.3. The van der Waals surface area contributed by atoms with Crippen LogP contribution in [0.1, 0.15) is 21.5 Å². The van der Waals surface area contributed by atoms with E-state index in [-0.39, 0.29) is 23.0 Å². The molecule has 2 aromatic rings. The van der Waals surface area contributed by atoms with Crippen LogP contribution in [0.4, 0.5) is 5.69 Å². The number of fused-ring (bicyclic) bond motifs is 5. The number of ether oxygens (including phenoxy) is 1. The molecule has 2 aliphatic heterocycles. The van der Waals surface area contributed by atoms with Gasteiger partial charge in [-0.2, -0.15) is 5.26 Å². The third kappa shape index (κ3) is 1.73. The highest BCUT2D eigenvalue weighted by Gasteiger charge is 2.60. The largest absolute Gasteiger partial charge is 0.436 e. The highest BCUT2D eigenvalue weighted by molar-refractivity contribution is 9.10. The molecule has 130 valence electrons. The Labute approximate surface area is 162 Å². The number of allylic oxidation sites excluding steroid dienone is 1. The van der Waals surface area contributed by atoms with Crippen LogP contribution in [-0.4, -0.2) is 11.7 Å². The van der Waals surface area contributed by atoms with Gasteiger partial charge in [-0.1, -0.05) is 40.2 Å². The van der Waals surface area contributed by atoms with Crippen molar-refractivity contribution in [3.05, 3.63) is 80.8 Å². The smallest absolute Gasteiger partial charge is 0.245 e. The molecular weight excluding hydrogens is 410 g/mol. The first-order chi connectivity index (χ1) is 13.0. The molecule has 1 amide bonds. The van der Waals surface area contributed by atoms with Crippen molar-refractivity contribution in [2.45, 2.75) is 5.41 Å². The van der Waals surface area contributed by atoms with E-state index in [1.807, 2.05) is 6.07 Å². The van der Waals surface area contributed by atoms with Crippen LogP contribution in [0, 0.1) is 11.3 Å². The number of ketones is 1. The number of carbonyl (C=O) groups excluding carboxylic acids is 2. The molecular formula is C20H10BrN3O3. The van der Waals surface area contributed by atoms with E-state index in [0.717, 1.165) is 4.47 Å². The fourth-order valence-corrected chi connectivity index (χ4v) is 4.47. The maximum absolute atomic E-state index is 13.3. The fraction of sp³-hybridized carbons (Fsp3) is 0.0500. The summed E-state index contributed by atoms with van der Waals surface area (Å²) in [6, 6.07) is 14.3. The lowest BCUT2D eigenvalue weighted by Crippen LogP contribution is -2.42. The molecule has 1 spiro atoms. The first-order valence-electron chi connectivity index (χ1n) is 8.08. The third-order valence-electron chi connectivity index (χ3n) is 5.17. The second kappa shape index (κ2) is 5.09. The predicted molar refractivity (Wildman–Crippen MR) is 100 cm³/mol. The number of anilines is 1. The van der Waals surface area contributed by atoms with E-state index in [4.69, 9.17) is 10.5 Å². The van der Waals surface area contributed by atoms with E-state index >= 15 is 0 Å². The van der Waals surface area contributed by atoms with Gasteiger partial charge in [0.2, 0.25) is 17.6 Å². The zero-order chi connectivity index (χ0) is 18.9. The predicted octanol–water partition coefficient (Wildman–Crippen LogP) is 2.97. The van der Waals surface area contributed by atoms with Crippen LogP contribution >= 0.6 is 15.9 Å². The van der Waals surface area contributed by atoms with E-state index in [1.165, 1.54) is 0 Å². The fourth-order valence-electron chi connectivity index (χ4n) is 4.11. The van der Waals surface area contributed by atoms with Gasteiger partial charge in [0.15, 0.2) is 5.76 Å². The molecule has 2 heterocycles. The number of hydrogen-bond acceptors (Lipinski definition) is 5. The second-order valence-electron chi connectivity index (χ2n) is 6.43. The van der Waals surface area contributed by atoms with Crippen molar-refractivity contribution in [3.8, 4) is 6.07 Å². The SMILES string of the molecule is N#CC1=C(N)OC2=C(c3ccccc3C2=O)C12C(=O)Nc1ccc(Br)cc12. The van der Waals surface area contributed by atoms with Crippen LogP contribution in [-0.2, 0) is 14.9 Å². The molecule has 1 unspecified atom stereocenters. The molecule has 0 bridgehead atoms. The Morgan fingerprint density at radius 1 is 1.15 bits per heavy atom. The summed E-state index contributed by atoms with van der Waals surface area (Å²) in [6.45, 7) is 0. The average Bonchev–Trinajstić information content (AvgIpc) is 3.09. The van der Waals surface area contributed by atoms with Gasteiger partial charge in [-0.3, -0.25) is 9.59 Å². The van der Waals surface area contributed by atoms with Gasteiger partial charge in [-0.05, 0) is 23.8 Å². The first kappa shape index (κ1) is 15.9. The lowest BCUT2D eigenvalue weighted by molar-refractivity contribution is -0.118. The van der Waals surface area contributed by atoms with E-state index < -0.39 is 11.3 Å². The Kier molecular flexibility index (Phi) is 2.99. The van der Waals surface area contributed by atoms with Gasteiger partial charge >= 0.3 is 0 Å². The molecule has 0 radical (unpaired) electrons. The molecule has 6 nitrogen and oxygen atoms in total. The van der Waals surface area contributed by atoms with Crippen LogP contribution in [0.5, 0.6) is 0 Å². The molecule has 1 atom stereocenters. The molecule has 27 heavy (non-hydrogen) atoms. The first-order valence-corrected chi connectivity index (χ1v) is 8.88. The third-order valence-corrected chi connectivity index (χ3v) is 5.66. The topological polar surface area (TPSA) is 105 Å². The minimum Gasteiger partial charge on any atom is -0.436 e. The number of nitrogens with two attached hydrogens (primary N) is 1. The minimum absolute atomic E-state index is 0.00400. The molecule has 0 saturated carbocycles. The van der Waals surface area contributed by atoms with Gasteiger partial charge in [0.25, 0.3) is 0 Å². The summed E-state index contributed by atoms with van der Waals surface area (Å²) in [6.07, 6.45) is 0. The van der Waals surface area contributed by atoms with E-state index in [2.05, 4.69) is 21.2 Å². The van der Waals surface area contributed by atoms with E-state index in [1.54, 1.807) is 42.5 Å². The number of hydrogen-bond donors (Lipinski definition) is 2. The standard InChI is InChI=1S/C20H10BrN3O3/c21-9-5-6-14-12(7-9)20(19(26)24-14)13(8-22)18(23)27-17-15(20)10-3-1-2-4-11(10)16(17)25/h1-7H,23H2,(H,24,26). The molecule has 3 N–H and O–H groups in total. The van der Waals surface area contributed by atoms with Gasteiger partial charge in [-0.15, -0.1) is 0 Å². The van der Waals surface area contributed by atoms with Crippen molar-refractivity contribution in [1.29, 1.82) is 5.26 Å². The molecule has 5 rings (SSSR count). The Hall–Kier alpha value is -3.37. The van der Waals surface area contributed by atoms with Crippen molar-refractivity contribution >= 4 is 38.9 Å². The zero-order valence-electron chi connectivity index (χ0n) is 13.7. The lowest BCUT2D eigenvalue weighted by atomic mass is 9.67. The molecule has 7 heteroatoms. The number of nitrogens with zero attached hydrogens (tertiary/aromatic N) is 1.